The number of nitrogens with zero attached hydrogens (tertiary/aromatic N) is 1. The number of carbonyl (C=O) groups is 1. The first kappa shape index (κ1) is 11.6. The van der Waals surface area contributed by atoms with Crippen LogP contribution in [0.5, 0.6) is 0 Å². The molecule has 4 heteroatoms. The zero-order valence-corrected chi connectivity index (χ0v) is 12.9. The number of rotatable bonds is 1. The summed E-state index contributed by atoms with van der Waals surface area (Å²) in [5.41, 5.74) is 1.88. The van der Waals surface area contributed by atoms with Crippen LogP contribution >= 0.6 is 45.2 Å². The van der Waals surface area contributed by atoms with Crippen LogP contribution in [0, 0.1) is 3.57 Å². The lowest BCUT2D eigenvalue weighted by Crippen LogP contribution is -2.37. The van der Waals surface area contributed by atoms with Crippen molar-refractivity contribution in [2.45, 2.75) is 12.3 Å². The quantitative estimate of drug-likeness (QED) is 0.499. The van der Waals surface area contributed by atoms with Crippen molar-refractivity contribution in [3.63, 3.8) is 0 Å². The maximum absolute atomic E-state index is 12.1. The third-order valence-electron chi connectivity index (χ3n) is 2.96. The fourth-order valence-corrected chi connectivity index (χ4v) is 3.19. The number of carbonyl (C=O) groups excluding carboxylic acids is 1. The van der Waals surface area contributed by atoms with E-state index in [9.17, 15) is 4.79 Å². The maximum Gasteiger partial charge on any atom is 0.237 e. The molecule has 1 unspecified atom stereocenters. The van der Waals surface area contributed by atoms with Gasteiger partial charge in [0.2, 0.25) is 5.91 Å². The third kappa shape index (κ3) is 1.60. The molecular weight excluding hydrogens is 416 g/mol. The number of hydrogen-bond donors (Lipinski definition) is 0. The molecule has 1 atom stereocenters. The molecule has 0 bridgehead atoms. The molecule has 2 rings (SSSR count). The molecule has 0 radical (unpaired) electrons. The second-order valence-electron chi connectivity index (χ2n) is 3.99. The predicted octanol–water partition coefficient (Wildman–Crippen LogP) is 2.96. The van der Waals surface area contributed by atoms with E-state index in [-0.39, 0.29) is 11.3 Å². The summed E-state index contributed by atoms with van der Waals surface area (Å²) in [5, 5.41) is 0. The number of amides is 1. The Hall–Kier alpha value is 0.150. The van der Waals surface area contributed by atoms with Crippen molar-refractivity contribution in [3.05, 3.63) is 27.3 Å². The second-order valence-corrected chi connectivity index (χ2v) is 6.00. The molecular formula is C11H11I2NO. The summed E-state index contributed by atoms with van der Waals surface area (Å²) in [6.07, 6.45) is 0. The molecule has 2 nitrogen and oxygen atoms in total. The standard InChI is InChI=1S/C11H11I2NO/c1-11(6-12)8-5-7(13)3-4-9(8)14(2)10(11)15/h3-5H,6H2,1-2H3. The largest absolute Gasteiger partial charge is 0.314 e. The van der Waals surface area contributed by atoms with Gasteiger partial charge in [-0.1, -0.05) is 22.6 Å². The van der Waals surface area contributed by atoms with Gasteiger partial charge in [0, 0.05) is 20.7 Å². The minimum Gasteiger partial charge on any atom is -0.314 e. The lowest BCUT2D eigenvalue weighted by molar-refractivity contribution is -0.121. The number of halogens is 2. The van der Waals surface area contributed by atoms with Crippen molar-refractivity contribution in [1.82, 2.24) is 0 Å². The van der Waals surface area contributed by atoms with Crippen LogP contribution in [0.2, 0.25) is 0 Å². The van der Waals surface area contributed by atoms with Crippen LogP contribution < -0.4 is 4.90 Å². The predicted molar refractivity (Wildman–Crippen MR) is 78.8 cm³/mol. The van der Waals surface area contributed by atoms with Crippen LogP contribution in [0.25, 0.3) is 0 Å². The molecule has 0 aromatic heterocycles. The Morgan fingerprint density at radius 2 is 2.13 bits per heavy atom. The molecule has 1 aromatic rings. The maximum atomic E-state index is 12.1. The van der Waals surface area contributed by atoms with Crippen LogP contribution in [-0.2, 0) is 10.2 Å². The molecule has 0 spiro atoms. The average molecular weight is 427 g/mol. The lowest BCUT2D eigenvalue weighted by Gasteiger charge is -2.19. The summed E-state index contributed by atoms with van der Waals surface area (Å²) in [5.74, 6) is 0.203. The van der Waals surface area contributed by atoms with E-state index in [1.54, 1.807) is 4.90 Å². The normalized spacial score (nSPS) is 24.5. The molecule has 0 saturated carbocycles. The minimum absolute atomic E-state index is 0.203. The molecule has 1 aromatic carbocycles. The number of anilines is 1. The summed E-state index contributed by atoms with van der Waals surface area (Å²) in [7, 11) is 1.85. The third-order valence-corrected chi connectivity index (χ3v) is 5.15. The summed E-state index contributed by atoms with van der Waals surface area (Å²) in [6.45, 7) is 2.03. The Kier molecular flexibility index (Phi) is 3.00. The average Bonchev–Trinajstić information content (AvgIpc) is 2.42. The van der Waals surface area contributed by atoms with Gasteiger partial charge in [-0.15, -0.1) is 0 Å². The van der Waals surface area contributed by atoms with E-state index in [2.05, 4.69) is 51.2 Å². The lowest BCUT2D eigenvalue weighted by atomic mass is 9.86. The van der Waals surface area contributed by atoms with Gasteiger partial charge in [-0.25, -0.2) is 0 Å². The van der Waals surface area contributed by atoms with Gasteiger partial charge in [-0.05, 0) is 53.3 Å². The van der Waals surface area contributed by atoms with Gasteiger partial charge >= 0.3 is 0 Å². The highest BCUT2D eigenvalue weighted by atomic mass is 127. The van der Waals surface area contributed by atoms with Crippen LogP contribution in [-0.4, -0.2) is 17.4 Å². The molecule has 1 aliphatic heterocycles. The monoisotopic (exact) mass is 427 g/mol. The number of alkyl halides is 1. The molecule has 1 heterocycles. The van der Waals surface area contributed by atoms with Gasteiger partial charge in [-0.3, -0.25) is 4.79 Å². The fraction of sp³-hybridized carbons (Fsp3) is 0.364. The fourth-order valence-electron chi connectivity index (χ4n) is 1.97. The van der Waals surface area contributed by atoms with E-state index < -0.39 is 0 Å². The molecule has 15 heavy (non-hydrogen) atoms. The molecule has 0 aliphatic carbocycles. The van der Waals surface area contributed by atoms with Gasteiger partial charge < -0.3 is 4.90 Å². The minimum atomic E-state index is -0.341. The first-order valence-corrected chi connectivity index (χ1v) is 7.25. The zero-order chi connectivity index (χ0) is 11.2. The highest BCUT2D eigenvalue weighted by Gasteiger charge is 2.45. The van der Waals surface area contributed by atoms with Crippen LogP contribution in [0.3, 0.4) is 0 Å². The van der Waals surface area contributed by atoms with E-state index in [0.717, 1.165) is 15.7 Å². The van der Waals surface area contributed by atoms with Crippen molar-refractivity contribution >= 4 is 56.8 Å². The first-order chi connectivity index (χ1) is 7.00. The van der Waals surface area contributed by atoms with Gasteiger partial charge in [0.1, 0.15) is 0 Å². The summed E-state index contributed by atoms with van der Waals surface area (Å²) in [6, 6.07) is 6.20. The summed E-state index contributed by atoms with van der Waals surface area (Å²) < 4.78 is 2.01. The van der Waals surface area contributed by atoms with Gasteiger partial charge in [-0.2, -0.15) is 0 Å². The molecule has 80 valence electrons. The highest BCUT2D eigenvalue weighted by Crippen LogP contribution is 2.42. The van der Waals surface area contributed by atoms with E-state index >= 15 is 0 Å². The molecule has 1 aliphatic rings. The Morgan fingerprint density at radius 1 is 1.47 bits per heavy atom. The Morgan fingerprint density at radius 3 is 2.73 bits per heavy atom. The zero-order valence-electron chi connectivity index (χ0n) is 8.55. The van der Waals surface area contributed by atoms with Crippen molar-refractivity contribution in [2.24, 2.45) is 0 Å². The highest BCUT2D eigenvalue weighted by molar-refractivity contribution is 14.1. The first-order valence-electron chi connectivity index (χ1n) is 4.65. The van der Waals surface area contributed by atoms with E-state index in [1.807, 2.05) is 26.1 Å². The number of likely N-dealkylation sites (N-methyl/N-ethyl adjacent to an activating group) is 1. The van der Waals surface area contributed by atoms with E-state index in [4.69, 9.17) is 0 Å². The van der Waals surface area contributed by atoms with E-state index in [1.165, 1.54) is 3.57 Å². The van der Waals surface area contributed by atoms with E-state index in [0.29, 0.717) is 0 Å². The van der Waals surface area contributed by atoms with Crippen molar-refractivity contribution < 1.29 is 4.79 Å². The van der Waals surface area contributed by atoms with Crippen molar-refractivity contribution in [2.75, 3.05) is 16.4 Å². The van der Waals surface area contributed by atoms with Crippen molar-refractivity contribution in [1.29, 1.82) is 0 Å². The van der Waals surface area contributed by atoms with Gasteiger partial charge in [0.05, 0.1) is 5.41 Å². The molecule has 0 N–H and O–H groups in total. The molecule has 0 fully saturated rings. The SMILES string of the molecule is CN1C(=O)C(C)(CI)c2cc(I)ccc21. The number of fused-ring (bicyclic) bond motifs is 1. The smallest absolute Gasteiger partial charge is 0.237 e. The number of benzene rings is 1. The van der Waals surface area contributed by atoms with Gasteiger partial charge in [0.15, 0.2) is 0 Å². The second kappa shape index (κ2) is 3.87. The molecule has 1 amide bonds. The van der Waals surface area contributed by atoms with Gasteiger partial charge in [0.25, 0.3) is 0 Å². The van der Waals surface area contributed by atoms with Crippen LogP contribution in [0.1, 0.15) is 12.5 Å². The van der Waals surface area contributed by atoms with Crippen LogP contribution in [0.4, 0.5) is 5.69 Å². The van der Waals surface area contributed by atoms with Crippen LogP contribution in [0.15, 0.2) is 18.2 Å². The Balaban J connectivity index is 2.67. The summed E-state index contributed by atoms with van der Waals surface area (Å²) >= 11 is 4.58. The summed E-state index contributed by atoms with van der Waals surface area (Å²) in [4.78, 5) is 13.9. The number of hydrogen-bond acceptors (Lipinski definition) is 1. The Bertz CT molecular complexity index is 433. The molecule has 0 saturated heterocycles. The topological polar surface area (TPSA) is 20.3 Å². The Labute approximate surface area is 117 Å². The van der Waals surface area contributed by atoms with Crippen molar-refractivity contribution in [3.8, 4) is 0 Å².